The largest absolute Gasteiger partial charge is 0.465 e. The topological polar surface area (TPSA) is 106 Å². The van der Waals surface area contributed by atoms with Gasteiger partial charge in [-0.15, -0.1) is 5.10 Å². The number of esters is 1. The number of carbonyl (C=O) groups is 3. The minimum absolute atomic E-state index is 0.171. The molecule has 9 nitrogen and oxygen atoms in total. The van der Waals surface area contributed by atoms with E-state index in [0.29, 0.717) is 22.3 Å². The molecule has 1 aromatic heterocycles. The number of benzene rings is 3. The van der Waals surface area contributed by atoms with Gasteiger partial charge in [0.1, 0.15) is 18.1 Å². The van der Waals surface area contributed by atoms with Crippen LogP contribution in [0.25, 0.3) is 11.0 Å². The van der Waals surface area contributed by atoms with E-state index in [9.17, 15) is 14.4 Å². The lowest BCUT2D eigenvalue weighted by molar-refractivity contribution is -0.128. The summed E-state index contributed by atoms with van der Waals surface area (Å²) in [5.74, 6) is -1.30. The Bertz CT molecular complexity index is 1490. The molecule has 0 aliphatic rings. The van der Waals surface area contributed by atoms with Gasteiger partial charge < -0.3 is 10.1 Å². The predicted octanol–water partition coefficient (Wildman–Crippen LogP) is 4.47. The summed E-state index contributed by atoms with van der Waals surface area (Å²) >= 11 is 0. The van der Waals surface area contributed by atoms with Gasteiger partial charge >= 0.3 is 5.97 Å². The average Bonchev–Trinajstić information content (AvgIpc) is 3.32. The Morgan fingerprint density at radius 1 is 1.00 bits per heavy atom. The smallest absolute Gasteiger partial charge is 0.337 e. The van der Waals surface area contributed by atoms with Crippen LogP contribution < -0.4 is 10.2 Å². The van der Waals surface area contributed by atoms with Gasteiger partial charge in [-0.3, -0.25) is 14.5 Å². The molecule has 39 heavy (non-hydrogen) atoms. The molecule has 0 radical (unpaired) electrons. The number of nitrogens with zero attached hydrogens (tertiary/aromatic N) is 4. The Morgan fingerprint density at radius 3 is 2.38 bits per heavy atom. The maximum absolute atomic E-state index is 14.2. The molecule has 0 aliphatic carbocycles. The number of anilines is 1. The number of ether oxygens (including phenoxy) is 1. The minimum Gasteiger partial charge on any atom is -0.465 e. The van der Waals surface area contributed by atoms with Crippen molar-refractivity contribution in [1.82, 2.24) is 20.3 Å². The minimum atomic E-state index is -1.02. The summed E-state index contributed by atoms with van der Waals surface area (Å²) in [5.41, 5.74) is 3.17. The number of aryl methyl sites for hydroxylation is 1. The first kappa shape index (κ1) is 27.5. The van der Waals surface area contributed by atoms with Crippen molar-refractivity contribution in [2.45, 2.75) is 52.2 Å². The lowest BCUT2D eigenvalue weighted by Gasteiger charge is -2.34. The molecule has 0 spiro atoms. The van der Waals surface area contributed by atoms with Crippen molar-refractivity contribution in [2.24, 2.45) is 0 Å². The molecule has 4 rings (SSSR count). The SMILES string of the molecule is CCc1ccc([C@@H](C(=O)NC(C)(C)C)N(C(=O)Cn2nnc3ccccc32)c2cccc(C(=O)OC)c2)cc1. The van der Waals surface area contributed by atoms with Crippen LogP contribution in [-0.2, 0) is 27.3 Å². The highest BCUT2D eigenvalue weighted by molar-refractivity contribution is 6.02. The Labute approximate surface area is 227 Å². The number of rotatable bonds is 8. The molecule has 0 fully saturated rings. The van der Waals surface area contributed by atoms with Crippen molar-refractivity contribution in [3.63, 3.8) is 0 Å². The molecule has 9 heteroatoms. The van der Waals surface area contributed by atoms with Crippen LogP contribution in [0.4, 0.5) is 5.69 Å². The third kappa shape index (κ3) is 6.31. The molecule has 0 saturated carbocycles. The Hall–Kier alpha value is -4.53. The van der Waals surface area contributed by atoms with Crippen LogP contribution in [-0.4, -0.2) is 45.4 Å². The lowest BCUT2D eigenvalue weighted by Crippen LogP contribution is -2.50. The van der Waals surface area contributed by atoms with E-state index in [4.69, 9.17) is 4.74 Å². The molecule has 2 amide bonds. The van der Waals surface area contributed by atoms with Crippen molar-refractivity contribution >= 4 is 34.5 Å². The number of carbonyl (C=O) groups excluding carboxylic acids is 3. The van der Waals surface area contributed by atoms with Crippen LogP contribution in [0.2, 0.25) is 0 Å². The van der Waals surface area contributed by atoms with Crippen LogP contribution in [0.1, 0.15) is 55.2 Å². The maximum atomic E-state index is 14.2. The van der Waals surface area contributed by atoms with Crippen LogP contribution >= 0.6 is 0 Å². The standard InChI is InChI=1S/C30H33N5O4/c1-6-20-14-16-21(17-15-20)27(28(37)31-30(2,3)4)35(23-11-9-10-22(18-23)29(38)39-5)26(36)19-34-25-13-8-7-12-24(25)32-33-34/h7-18,27H,6,19H2,1-5H3,(H,31,37)/t27-/m0/s1. The number of methoxy groups -OCH3 is 1. The highest BCUT2D eigenvalue weighted by Gasteiger charge is 2.35. The van der Waals surface area contributed by atoms with E-state index < -0.39 is 23.5 Å². The zero-order valence-electron chi connectivity index (χ0n) is 22.8. The Balaban J connectivity index is 1.86. The van der Waals surface area contributed by atoms with Crippen molar-refractivity contribution < 1.29 is 19.1 Å². The Kier molecular flexibility index (Phi) is 8.09. The van der Waals surface area contributed by atoms with Crippen LogP contribution in [0.15, 0.2) is 72.8 Å². The quantitative estimate of drug-likeness (QED) is 0.339. The molecule has 4 aromatic rings. The summed E-state index contributed by atoms with van der Waals surface area (Å²) < 4.78 is 6.41. The molecule has 0 saturated heterocycles. The highest BCUT2D eigenvalue weighted by atomic mass is 16.5. The summed E-state index contributed by atoms with van der Waals surface area (Å²) in [6.07, 6.45) is 0.836. The third-order valence-corrected chi connectivity index (χ3v) is 6.23. The van der Waals surface area contributed by atoms with E-state index in [1.165, 1.54) is 16.7 Å². The van der Waals surface area contributed by atoms with Gasteiger partial charge in [0.05, 0.1) is 18.2 Å². The number of fused-ring (bicyclic) bond motifs is 1. The monoisotopic (exact) mass is 527 g/mol. The van der Waals surface area contributed by atoms with E-state index in [2.05, 4.69) is 22.6 Å². The fourth-order valence-corrected chi connectivity index (χ4v) is 4.37. The van der Waals surface area contributed by atoms with Gasteiger partial charge in [0.25, 0.3) is 0 Å². The summed E-state index contributed by atoms with van der Waals surface area (Å²) in [6, 6.07) is 20.5. The molecular formula is C30H33N5O4. The van der Waals surface area contributed by atoms with E-state index >= 15 is 0 Å². The van der Waals surface area contributed by atoms with Gasteiger partial charge in [0, 0.05) is 11.2 Å². The zero-order chi connectivity index (χ0) is 28.2. The van der Waals surface area contributed by atoms with Gasteiger partial charge in [-0.1, -0.05) is 54.6 Å². The first-order chi connectivity index (χ1) is 18.6. The number of nitrogens with one attached hydrogen (secondary N) is 1. The van der Waals surface area contributed by atoms with Gasteiger partial charge in [0.15, 0.2) is 0 Å². The summed E-state index contributed by atoms with van der Waals surface area (Å²) in [7, 11) is 1.29. The summed E-state index contributed by atoms with van der Waals surface area (Å²) in [5, 5.41) is 11.4. The average molecular weight is 528 g/mol. The first-order valence-electron chi connectivity index (χ1n) is 12.8. The number of hydrogen-bond acceptors (Lipinski definition) is 6. The fourth-order valence-electron chi connectivity index (χ4n) is 4.37. The van der Waals surface area contributed by atoms with Crippen molar-refractivity contribution in [3.05, 3.63) is 89.5 Å². The number of hydrogen-bond donors (Lipinski definition) is 1. The zero-order valence-corrected chi connectivity index (χ0v) is 22.8. The first-order valence-corrected chi connectivity index (χ1v) is 12.8. The molecule has 1 heterocycles. The van der Waals surface area contributed by atoms with Crippen LogP contribution in [0, 0.1) is 0 Å². The number of para-hydroxylation sites is 1. The fraction of sp³-hybridized carbons (Fsp3) is 0.300. The van der Waals surface area contributed by atoms with E-state index in [0.717, 1.165) is 12.0 Å². The second-order valence-electron chi connectivity index (χ2n) is 10.3. The molecule has 1 N–H and O–H groups in total. The van der Waals surface area contributed by atoms with Crippen LogP contribution in [0.3, 0.4) is 0 Å². The lowest BCUT2D eigenvalue weighted by atomic mass is 9.98. The molecule has 202 valence electrons. The van der Waals surface area contributed by atoms with Crippen molar-refractivity contribution in [1.29, 1.82) is 0 Å². The Morgan fingerprint density at radius 2 is 1.72 bits per heavy atom. The second kappa shape index (κ2) is 11.5. The van der Waals surface area contributed by atoms with Crippen molar-refractivity contribution in [2.75, 3.05) is 12.0 Å². The molecule has 0 bridgehead atoms. The van der Waals surface area contributed by atoms with E-state index in [1.54, 1.807) is 24.3 Å². The molecule has 0 unspecified atom stereocenters. The van der Waals surface area contributed by atoms with Gasteiger partial charge in [-0.25, -0.2) is 9.48 Å². The van der Waals surface area contributed by atoms with Gasteiger partial charge in [-0.2, -0.15) is 0 Å². The molecule has 3 aromatic carbocycles. The third-order valence-electron chi connectivity index (χ3n) is 6.23. The number of aromatic nitrogens is 3. The highest BCUT2D eigenvalue weighted by Crippen LogP contribution is 2.30. The van der Waals surface area contributed by atoms with E-state index in [-0.39, 0.29) is 18.0 Å². The number of amides is 2. The van der Waals surface area contributed by atoms with Crippen molar-refractivity contribution in [3.8, 4) is 0 Å². The second-order valence-corrected chi connectivity index (χ2v) is 10.3. The van der Waals surface area contributed by atoms with E-state index in [1.807, 2.05) is 69.3 Å². The summed E-state index contributed by atoms with van der Waals surface area (Å²) in [6.45, 7) is 7.53. The molecular weight excluding hydrogens is 494 g/mol. The van der Waals surface area contributed by atoms with Gasteiger partial charge in [-0.05, 0) is 68.7 Å². The normalized spacial score (nSPS) is 12.1. The molecule has 1 atom stereocenters. The molecule has 0 aliphatic heterocycles. The summed E-state index contributed by atoms with van der Waals surface area (Å²) in [4.78, 5) is 41.8. The maximum Gasteiger partial charge on any atom is 0.337 e. The van der Waals surface area contributed by atoms with Crippen LogP contribution in [0.5, 0.6) is 0 Å². The van der Waals surface area contributed by atoms with Gasteiger partial charge in [0.2, 0.25) is 11.8 Å². The predicted molar refractivity (Wildman–Crippen MR) is 149 cm³/mol.